The lowest BCUT2D eigenvalue weighted by Crippen LogP contribution is -2.15. The lowest BCUT2D eigenvalue weighted by molar-refractivity contribution is -0.142. The standard InChI is InChI=1S/C19H25N3O2S/c1-2-24-17(23)13-14-25-19-21-20-18(15-9-5-3-6-10-15)22(19)16-11-7-4-8-12-16/h3,5-6,9-10,16H,2,4,7-8,11-14H2,1H3. The van der Waals surface area contributed by atoms with Crippen LogP contribution in [0.4, 0.5) is 0 Å². The maximum atomic E-state index is 11.6. The zero-order valence-electron chi connectivity index (χ0n) is 14.7. The van der Waals surface area contributed by atoms with Gasteiger partial charge in [0.25, 0.3) is 0 Å². The summed E-state index contributed by atoms with van der Waals surface area (Å²) in [6, 6.07) is 10.7. The summed E-state index contributed by atoms with van der Waals surface area (Å²) < 4.78 is 7.30. The Morgan fingerprint density at radius 1 is 1.20 bits per heavy atom. The lowest BCUT2D eigenvalue weighted by Gasteiger charge is -2.25. The van der Waals surface area contributed by atoms with E-state index in [9.17, 15) is 4.79 Å². The summed E-state index contributed by atoms with van der Waals surface area (Å²) in [5.74, 6) is 1.45. The number of hydrogen-bond acceptors (Lipinski definition) is 5. The van der Waals surface area contributed by atoms with Crippen LogP contribution in [0.1, 0.15) is 51.5 Å². The Labute approximate surface area is 153 Å². The number of thioether (sulfide) groups is 1. The molecule has 0 radical (unpaired) electrons. The van der Waals surface area contributed by atoms with E-state index in [1.54, 1.807) is 11.8 Å². The van der Waals surface area contributed by atoms with E-state index in [-0.39, 0.29) is 5.97 Å². The molecule has 1 fully saturated rings. The van der Waals surface area contributed by atoms with Crippen molar-refractivity contribution in [3.8, 4) is 11.4 Å². The first-order chi connectivity index (χ1) is 12.3. The fourth-order valence-corrected chi connectivity index (χ4v) is 4.21. The minimum absolute atomic E-state index is 0.151. The van der Waals surface area contributed by atoms with Crippen LogP contribution in [0.3, 0.4) is 0 Å². The fourth-order valence-electron chi connectivity index (χ4n) is 3.29. The van der Waals surface area contributed by atoms with Crippen LogP contribution in [0.25, 0.3) is 11.4 Å². The molecule has 5 nitrogen and oxygen atoms in total. The van der Waals surface area contributed by atoms with Gasteiger partial charge in [0.1, 0.15) is 0 Å². The number of nitrogens with zero attached hydrogens (tertiary/aromatic N) is 3. The van der Waals surface area contributed by atoms with Crippen molar-refractivity contribution in [2.24, 2.45) is 0 Å². The van der Waals surface area contributed by atoms with Crippen LogP contribution in [0.5, 0.6) is 0 Å². The van der Waals surface area contributed by atoms with Gasteiger partial charge in [-0.1, -0.05) is 61.4 Å². The molecule has 1 aromatic carbocycles. The van der Waals surface area contributed by atoms with Gasteiger partial charge in [0.2, 0.25) is 0 Å². The molecule has 6 heteroatoms. The summed E-state index contributed by atoms with van der Waals surface area (Å²) in [6.07, 6.45) is 6.56. The molecule has 2 aromatic rings. The average Bonchev–Trinajstić information content (AvgIpc) is 3.07. The van der Waals surface area contributed by atoms with Gasteiger partial charge >= 0.3 is 5.97 Å². The highest BCUT2D eigenvalue weighted by molar-refractivity contribution is 7.99. The Morgan fingerprint density at radius 3 is 2.68 bits per heavy atom. The van der Waals surface area contributed by atoms with Gasteiger partial charge < -0.3 is 4.74 Å². The molecule has 0 aliphatic heterocycles. The summed E-state index contributed by atoms with van der Waals surface area (Å²) >= 11 is 1.60. The molecule has 1 heterocycles. The van der Waals surface area contributed by atoms with Crippen LogP contribution in [-0.4, -0.2) is 33.1 Å². The molecule has 0 saturated heterocycles. The number of ether oxygens (including phenoxy) is 1. The molecule has 1 aromatic heterocycles. The highest BCUT2D eigenvalue weighted by atomic mass is 32.2. The van der Waals surface area contributed by atoms with Crippen LogP contribution in [0.15, 0.2) is 35.5 Å². The molecule has 1 aliphatic rings. The fraction of sp³-hybridized carbons (Fsp3) is 0.526. The third kappa shape index (κ3) is 4.63. The van der Waals surface area contributed by atoms with E-state index >= 15 is 0 Å². The van der Waals surface area contributed by atoms with E-state index in [2.05, 4.69) is 26.9 Å². The molecule has 0 bridgehead atoms. The van der Waals surface area contributed by atoms with Crippen molar-refractivity contribution in [3.05, 3.63) is 30.3 Å². The van der Waals surface area contributed by atoms with Gasteiger partial charge in [-0.3, -0.25) is 9.36 Å². The third-order valence-electron chi connectivity index (χ3n) is 4.48. The van der Waals surface area contributed by atoms with Gasteiger partial charge in [-0.15, -0.1) is 10.2 Å². The van der Waals surface area contributed by atoms with Crippen LogP contribution >= 0.6 is 11.8 Å². The van der Waals surface area contributed by atoms with Crippen molar-refractivity contribution in [1.82, 2.24) is 14.8 Å². The molecule has 0 N–H and O–H groups in total. The largest absolute Gasteiger partial charge is 0.466 e. The summed E-state index contributed by atoms with van der Waals surface area (Å²) in [6.45, 7) is 2.26. The predicted octanol–water partition coefficient (Wildman–Crippen LogP) is 4.50. The van der Waals surface area contributed by atoms with E-state index in [1.807, 2.05) is 25.1 Å². The van der Waals surface area contributed by atoms with Gasteiger partial charge in [-0.05, 0) is 19.8 Å². The number of carbonyl (C=O) groups is 1. The quantitative estimate of drug-likeness (QED) is 0.538. The minimum atomic E-state index is -0.151. The summed E-state index contributed by atoms with van der Waals surface area (Å²) in [5, 5.41) is 9.82. The first-order valence-corrected chi connectivity index (χ1v) is 10.1. The highest BCUT2D eigenvalue weighted by Crippen LogP contribution is 2.35. The monoisotopic (exact) mass is 359 g/mol. The van der Waals surface area contributed by atoms with E-state index in [1.165, 1.54) is 32.1 Å². The van der Waals surface area contributed by atoms with Crippen LogP contribution in [0.2, 0.25) is 0 Å². The molecule has 134 valence electrons. The van der Waals surface area contributed by atoms with Gasteiger partial charge in [0.05, 0.1) is 13.0 Å². The van der Waals surface area contributed by atoms with Crippen LogP contribution < -0.4 is 0 Å². The first-order valence-electron chi connectivity index (χ1n) is 9.08. The van der Waals surface area contributed by atoms with Crippen molar-refractivity contribution in [1.29, 1.82) is 0 Å². The number of rotatable bonds is 7. The van der Waals surface area contributed by atoms with E-state index in [0.717, 1.165) is 16.5 Å². The van der Waals surface area contributed by atoms with Crippen molar-refractivity contribution < 1.29 is 9.53 Å². The maximum Gasteiger partial charge on any atom is 0.306 e. The van der Waals surface area contributed by atoms with E-state index in [4.69, 9.17) is 4.74 Å². The number of esters is 1. The minimum Gasteiger partial charge on any atom is -0.466 e. The SMILES string of the molecule is CCOC(=O)CCSc1nnc(-c2ccccc2)n1C1CCCCC1. The Bertz CT molecular complexity index is 681. The zero-order chi connectivity index (χ0) is 17.5. The smallest absolute Gasteiger partial charge is 0.306 e. The van der Waals surface area contributed by atoms with Crippen molar-refractivity contribution in [3.63, 3.8) is 0 Å². The molecule has 1 saturated carbocycles. The molecular formula is C19H25N3O2S. The number of benzene rings is 1. The molecule has 0 atom stereocenters. The molecule has 3 rings (SSSR count). The average molecular weight is 359 g/mol. The second kappa shape index (κ2) is 9.04. The van der Waals surface area contributed by atoms with E-state index < -0.39 is 0 Å². The van der Waals surface area contributed by atoms with Gasteiger partial charge in [0, 0.05) is 17.4 Å². The molecule has 0 unspecified atom stereocenters. The number of hydrogen-bond donors (Lipinski definition) is 0. The second-order valence-electron chi connectivity index (χ2n) is 6.24. The Hall–Kier alpha value is -1.82. The summed E-state index contributed by atoms with van der Waals surface area (Å²) in [5.41, 5.74) is 1.10. The Morgan fingerprint density at radius 2 is 1.96 bits per heavy atom. The van der Waals surface area contributed by atoms with Crippen LogP contribution in [-0.2, 0) is 9.53 Å². The summed E-state index contributed by atoms with van der Waals surface area (Å²) in [4.78, 5) is 11.6. The van der Waals surface area contributed by atoms with Crippen molar-refractivity contribution >= 4 is 17.7 Å². The molecular weight excluding hydrogens is 334 g/mol. The Kier molecular flexibility index (Phi) is 6.50. The predicted molar refractivity (Wildman–Crippen MR) is 99.6 cm³/mol. The van der Waals surface area contributed by atoms with Gasteiger partial charge in [0.15, 0.2) is 11.0 Å². The molecule has 0 spiro atoms. The van der Waals surface area contributed by atoms with Crippen molar-refractivity contribution in [2.45, 2.75) is 56.6 Å². The molecule has 0 amide bonds. The molecule has 25 heavy (non-hydrogen) atoms. The Balaban J connectivity index is 1.80. The highest BCUT2D eigenvalue weighted by Gasteiger charge is 2.23. The normalized spacial score (nSPS) is 15.2. The number of aromatic nitrogens is 3. The van der Waals surface area contributed by atoms with E-state index in [0.29, 0.717) is 24.8 Å². The third-order valence-corrected chi connectivity index (χ3v) is 5.42. The van der Waals surface area contributed by atoms with Crippen molar-refractivity contribution in [2.75, 3.05) is 12.4 Å². The van der Waals surface area contributed by atoms with Gasteiger partial charge in [-0.25, -0.2) is 0 Å². The first kappa shape index (κ1) is 18.0. The number of carbonyl (C=O) groups excluding carboxylic acids is 1. The van der Waals surface area contributed by atoms with Gasteiger partial charge in [-0.2, -0.15) is 0 Å². The maximum absolute atomic E-state index is 11.6. The summed E-state index contributed by atoms with van der Waals surface area (Å²) in [7, 11) is 0. The molecule has 1 aliphatic carbocycles. The zero-order valence-corrected chi connectivity index (χ0v) is 15.5. The lowest BCUT2D eigenvalue weighted by atomic mass is 9.95. The van der Waals surface area contributed by atoms with Crippen LogP contribution in [0, 0.1) is 0 Å². The topological polar surface area (TPSA) is 57.0 Å². The second-order valence-corrected chi connectivity index (χ2v) is 7.30.